The zero-order chi connectivity index (χ0) is 23.2. The molecule has 0 saturated carbocycles. The lowest BCUT2D eigenvalue weighted by Crippen LogP contribution is -2.61. The number of nitrogens with zero attached hydrogens (tertiary/aromatic N) is 3. The summed E-state index contributed by atoms with van der Waals surface area (Å²) in [5.74, 6) is 0. The molecule has 3 unspecified atom stereocenters. The van der Waals surface area contributed by atoms with E-state index in [1.54, 1.807) is 0 Å². The average Bonchev–Trinajstić information content (AvgIpc) is 2.90. The quantitative estimate of drug-likeness (QED) is 0.242. The number of fused-ring (bicyclic) bond motifs is 1. The van der Waals surface area contributed by atoms with Gasteiger partial charge in [-0.25, -0.2) is 0 Å². The van der Waals surface area contributed by atoms with Crippen molar-refractivity contribution in [1.29, 1.82) is 0 Å². The van der Waals surface area contributed by atoms with Crippen molar-refractivity contribution in [3.05, 3.63) is 113 Å². The van der Waals surface area contributed by atoms with Gasteiger partial charge in [0.25, 0.3) is 0 Å². The van der Waals surface area contributed by atoms with Crippen LogP contribution in [0.25, 0.3) is 10.4 Å². The van der Waals surface area contributed by atoms with E-state index >= 15 is 0 Å². The lowest BCUT2D eigenvalue weighted by Gasteiger charge is -2.48. The third kappa shape index (κ3) is 5.28. The number of rotatable bonds is 7. The van der Waals surface area contributed by atoms with E-state index in [2.05, 4.69) is 10.0 Å². The highest BCUT2D eigenvalue weighted by atomic mass is 32.2. The van der Waals surface area contributed by atoms with Crippen LogP contribution in [-0.2, 0) is 25.6 Å². The maximum Gasteiger partial charge on any atom is 0.184 e. The third-order valence-corrected chi connectivity index (χ3v) is 7.01. The summed E-state index contributed by atoms with van der Waals surface area (Å²) in [5.41, 5.74) is 10.9. The van der Waals surface area contributed by atoms with E-state index in [0.717, 1.165) is 16.0 Å². The van der Waals surface area contributed by atoms with Crippen molar-refractivity contribution in [2.45, 2.75) is 47.6 Å². The molecule has 3 aromatic rings. The molecule has 34 heavy (non-hydrogen) atoms. The third-order valence-electron chi connectivity index (χ3n) is 5.84. The molecule has 0 spiro atoms. The summed E-state index contributed by atoms with van der Waals surface area (Å²) in [7, 11) is 0. The first kappa shape index (κ1) is 22.9. The fourth-order valence-corrected chi connectivity index (χ4v) is 5.34. The topological polar surface area (TPSA) is 85.7 Å². The number of hydrogen-bond donors (Lipinski definition) is 0. The van der Waals surface area contributed by atoms with Crippen molar-refractivity contribution < 1.29 is 18.9 Å². The van der Waals surface area contributed by atoms with Gasteiger partial charge in [0.05, 0.1) is 19.3 Å². The highest BCUT2D eigenvalue weighted by Crippen LogP contribution is 2.41. The second-order valence-corrected chi connectivity index (χ2v) is 9.28. The van der Waals surface area contributed by atoms with Crippen molar-refractivity contribution in [1.82, 2.24) is 0 Å². The summed E-state index contributed by atoms with van der Waals surface area (Å²) >= 11 is 1.51. The Kier molecular flexibility index (Phi) is 7.46. The van der Waals surface area contributed by atoms with Crippen LogP contribution in [0.2, 0.25) is 0 Å². The minimum absolute atomic E-state index is 0.351. The number of ether oxygens (including phenoxy) is 4. The maximum absolute atomic E-state index is 9.40. The summed E-state index contributed by atoms with van der Waals surface area (Å²) < 4.78 is 25.2. The van der Waals surface area contributed by atoms with Gasteiger partial charge in [0.1, 0.15) is 23.7 Å². The van der Waals surface area contributed by atoms with Gasteiger partial charge in [-0.2, -0.15) is 0 Å². The molecule has 6 atom stereocenters. The number of thioether (sulfide) groups is 1. The van der Waals surface area contributed by atoms with Crippen molar-refractivity contribution >= 4 is 11.8 Å². The molecule has 2 fully saturated rings. The number of azide groups is 1. The predicted molar refractivity (Wildman–Crippen MR) is 129 cm³/mol. The zero-order valence-corrected chi connectivity index (χ0v) is 19.2. The zero-order valence-electron chi connectivity index (χ0n) is 18.4. The van der Waals surface area contributed by atoms with Crippen LogP contribution in [0.1, 0.15) is 17.4 Å². The van der Waals surface area contributed by atoms with Crippen LogP contribution in [0.5, 0.6) is 0 Å². The van der Waals surface area contributed by atoms with E-state index in [4.69, 9.17) is 18.9 Å². The normalized spacial score (nSPS) is 28.5. The molecule has 2 aliphatic heterocycles. The minimum Gasteiger partial charge on any atom is -0.370 e. The van der Waals surface area contributed by atoms with Crippen LogP contribution in [0.4, 0.5) is 0 Å². The van der Waals surface area contributed by atoms with Crippen LogP contribution >= 0.6 is 11.8 Å². The maximum atomic E-state index is 9.40. The van der Waals surface area contributed by atoms with Crippen molar-refractivity contribution in [2.75, 3.05) is 6.61 Å². The van der Waals surface area contributed by atoms with E-state index < -0.39 is 30.0 Å². The van der Waals surface area contributed by atoms with Crippen LogP contribution in [-0.4, -0.2) is 36.4 Å². The molecule has 3 aromatic carbocycles. The molecule has 7 nitrogen and oxygen atoms in total. The lowest BCUT2D eigenvalue weighted by molar-refractivity contribution is -0.311. The van der Waals surface area contributed by atoms with Gasteiger partial charge in [0, 0.05) is 15.4 Å². The van der Waals surface area contributed by atoms with Gasteiger partial charge in [-0.05, 0) is 23.2 Å². The molecule has 0 radical (unpaired) electrons. The van der Waals surface area contributed by atoms with Gasteiger partial charge >= 0.3 is 0 Å². The average molecular weight is 476 g/mol. The molecular formula is C26H25N3O4S. The summed E-state index contributed by atoms with van der Waals surface area (Å²) in [6.07, 6.45) is -1.86. The van der Waals surface area contributed by atoms with Crippen LogP contribution < -0.4 is 0 Å². The molecular weight excluding hydrogens is 450 g/mol. The van der Waals surface area contributed by atoms with Gasteiger partial charge in [-0.3, -0.25) is 0 Å². The fraction of sp³-hybridized carbons (Fsp3) is 0.308. The van der Waals surface area contributed by atoms with Crippen molar-refractivity contribution in [2.24, 2.45) is 5.11 Å². The first-order valence-corrected chi connectivity index (χ1v) is 12.1. The Labute approximate surface area is 202 Å². The number of benzene rings is 3. The molecule has 0 amide bonds. The lowest BCUT2D eigenvalue weighted by atomic mass is 9.97. The SMILES string of the molecule is [N-]=[N+]=NC1[C@H](Sc2ccccc2)OC2COC(c3ccccc3)O[C@@H]2[C@H]1OCc1ccccc1. The summed E-state index contributed by atoms with van der Waals surface area (Å²) in [6, 6.07) is 29.0. The molecule has 5 rings (SSSR count). The molecule has 8 heteroatoms. The second kappa shape index (κ2) is 11.1. The molecule has 2 heterocycles. The van der Waals surface area contributed by atoms with Crippen molar-refractivity contribution in [3.63, 3.8) is 0 Å². The Balaban J connectivity index is 1.43. The van der Waals surface area contributed by atoms with Crippen molar-refractivity contribution in [3.8, 4) is 0 Å². The minimum atomic E-state index is -0.588. The van der Waals surface area contributed by atoms with E-state index in [0.29, 0.717) is 13.2 Å². The number of hydrogen-bond acceptors (Lipinski definition) is 6. The molecule has 2 saturated heterocycles. The van der Waals surface area contributed by atoms with Gasteiger partial charge in [-0.1, -0.05) is 95.7 Å². The van der Waals surface area contributed by atoms with Gasteiger partial charge in [0.15, 0.2) is 6.29 Å². The van der Waals surface area contributed by atoms with E-state index in [-0.39, 0.29) is 6.10 Å². The Bertz CT molecular complexity index is 1100. The van der Waals surface area contributed by atoms with Gasteiger partial charge < -0.3 is 18.9 Å². The summed E-state index contributed by atoms with van der Waals surface area (Å²) in [4.78, 5) is 4.16. The van der Waals surface area contributed by atoms with E-state index in [1.165, 1.54) is 11.8 Å². The Morgan fingerprint density at radius 1 is 0.912 bits per heavy atom. The fourth-order valence-electron chi connectivity index (χ4n) is 4.21. The summed E-state index contributed by atoms with van der Waals surface area (Å²) in [5, 5.41) is 4.13. The molecule has 2 aliphatic rings. The largest absolute Gasteiger partial charge is 0.370 e. The first-order valence-electron chi connectivity index (χ1n) is 11.2. The van der Waals surface area contributed by atoms with Crippen LogP contribution in [0, 0.1) is 0 Å². The van der Waals surface area contributed by atoms with Crippen LogP contribution in [0.3, 0.4) is 0 Å². The highest BCUT2D eigenvalue weighted by Gasteiger charge is 2.50. The van der Waals surface area contributed by atoms with Gasteiger partial charge in [0.2, 0.25) is 0 Å². The first-order chi connectivity index (χ1) is 16.8. The second-order valence-electron chi connectivity index (χ2n) is 8.11. The highest BCUT2D eigenvalue weighted by molar-refractivity contribution is 7.99. The Morgan fingerprint density at radius 3 is 2.29 bits per heavy atom. The molecule has 0 aromatic heterocycles. The Hall–Kier alpha value is -2.84. The molecule has 0 bridgehead atoms. The predicted octanol–water partition coefficient (Wildman–Crippen LogP) is 5.88. The molecule has 0 aliphatic carbocycles. The van der Waals surface area contributed by atoms with Crippen LogP contribution in [0.15, 0.2) is 101 Å². The van der Waals surface area contributed by atoms with E-state index in [9.17, 15) is 5.53 Å². The monoisotopic (exact) mass is 475 g/mol. The standard InChI is InChI=1S/C26H25N3O4S/c27-29-28-22-24(30-16-18-10-4-1-5-11-18)23-21(32-26(22)34-20-14-8-3-9-15-20)17-31-25(33-23)19-12-6-2-7-13-19/h1-15,21-26H,16-17H2/t21?,22?,23-,24-,25?,26-/m0/s1. The smallest absolute Gasteiger partial charge is 0.184 e. The molecule has 0 N–H and O–H groups in total. The van der Waals surface area contributed by atoms with E-state index in [1.807, 2.05) is 91.0 Å². The van der Waals surface area contributed by atoms with Gasteiger partial charge in [-0.15, -0.1) is 0 Å². The summed E-state index contributed by atoms with van der Waals surface area (Å²) in [6.45, 7) is 0.722. The molecule has 174 valence electrons. The Morgan fingerprint density at radius 2 is 1.59 bits per heavy atom.